The van der Waals surface area contributed by atoms with Crippen molar-refractivity contribution in [2.75, 3.05) is 41.4 Å². The van der Waals surface area contributed by atoms with Crippen molar-refractivity contribution in [3.05, 3.63) is 64.2 Å². The van der Waals surface area contributed by atoms with Crippen LogP contribution in [-0.2, 0) is 9.59 Å². The molecule has 1 unspecified atom stereocenters. The van der Waals surface area contributed by atoms with Crippen molar-refractivity contribution < 1.29 is 29.1 Å². The summed E-state index contributed by atoms with van der Waals surface area (Å²) in [4.78, 5) is 28.7. The number of halogens is 1. The highest BCUT2D eigenvalue weighted by atomic mass is 35.5. The van der Waals surface area contributed by atoms with Crippen LogP contribution in [0, 0.1) is 0 Å². The molecule has 0 aliphatic carbocycles. The molecule has 1 fully saturated rings. The smallest absolute Gasteiger partial charge is 0.295 e. The fraction of sp³-hybridized carbons (Fsp3) is 0.333. The van der Waals surface area contributed by atoms with Crippen molar-refractivity contribution in [2.45, 2.75) is 12.5 Å². The van der Waals surface area contributed by atoms with Gasteiger partial charge in [-0.3, -0.25) is 9.59 Å². The molecular formula is C24H27ClN2O5. The lowest BCUT2D eigenvalue weighted by atomic mass is 9.94. The monoisotopic (exact) mass is 458 g/mol. The van der Waals surface area contributed by atoms with Crippen molar-refractivity contribution >= 4 is 29.1 Å². The van der Waals surface area contributed by atoms with Gasteiger partial charge in [-0.2, -0.15) is 0 Å². The summed E-state index contributed by atoms with van der Waals surface area (Å²) in [6.45, 7) is 1.15. The fourth-order valence-electron chi connectivity index (χ4n) is 3.83. The number of amides is 1. The normalized spacial score (nSPS) is 17.8. The maximum atomic E-state index is 13.4. The Morgan fingerprint density at radius 3 is 2.38 bits per heavy atom. The topological polar surface area (TPSA) is 83.3 Å². The Labute approximate surface area is 192 Å². The van der Waals surface area contributed by atoms with Crippen LogP contribution < -0.4 is 19.5 Å². The molecule has 1 aliphatic rings. The van der Waals surface area contributed by atoms with Crippen LogP contribution in [0.5, 0.6) is 11.5 Å². The molecule has 1 N–H and O–H groups in total. The van der Waals surface area contributed by atoms with Crippen LogP contribution in [0.15, 0.2) is 48.0 Å². The second-order valence-corrected chi connectivity index (χ2v) is 8.33. The average molecular weight is 459 g/mol. The maximum Gasteiger partial charge on any atom is 0.295 e. The molecule has 2 aromatic carbocycles. The predicted molar refractivity (Wildman–Crippen MR) is 120 cm³/mol. The van der Waals surface area contributed by atoms with Gasteiger partial charge in [0.1, 0.15) is 11.5 Å². The van der Waals surface area contributed by atoms with Crippen molar-refractivity contribution in [2.24, 2.45) is 0 Å². The van der Waals surface area contributed by atoms with E-state index < -0.39 is 23.5 Å². The molecule has 7 nitrogen and oxygen atoms in total. The molecule has 1 amide bonds. The van der Waals surface area contributed by atoms with Gasteiger partial charge in [-0.25, -0.2) is 0 Å². The Kier molecular flexibility index (Phi) is 7.43. The number of ketones is 1. The number of methoxy groups -OCH3 is 2. The van der Waals surface area contributed by atoms with Gasteiger partial charge < -0.3 is 24.4 Å². The number of benzene rings is 2. The molecule has 0 radical (unpaired) electrons. The molecule has 8 heteroatoms. The van der Waals surface area contributed by atoms with Crippen molar-refractivity contribution in [1.82, 2.24) is 4.90 Å². The minimum absolute atomic E-state index is 0.0852. The third-order valence-electron chi connectivity index (χ3n) is 5.45. The summed E-state index contributed by atoms with van der Waals surface area (Å²) in [6, 6.07) is 10.5. The van der Waals surface area contributed by atoms with E-state index in [0.717, 1.165) is 6.54 Å². The molecule has 32 heavy (non-hydrogen) atoms. The Morgan fingerprint density at radius 2 is 1.78 bits per heavy atom. The summed E-state index contributed by atoms with van der Waals surface area (Å²) in [6.07, 6.45) is 0.679. The highest BCUT2D eigenvalue weighted by Gasteiger charge is 2.45. The summed E-state index contributed by atoms with van der Waals surface area (Å²) < 4.78 is 10.8. The minimum atomic E-state index is -0.851. The highest BCUT2D eigenvalue weighted by molar-refractivity contribution is 6.46. The van der Waals surface area contributed by atoms with Gasteiger partial charge in [0.05, 0.1) is 40.9 Å². The lowest BCUT2D eigenvalue weighted by molar-refractivity contribution is -0.858. The van der Waals surface area contributed by atoms with Crippen LogP contribution in [0.1, 0.15) is 23.6 Å². The van der Waals surface area contributed by atoms with Crippen LogP contribution >= 0.6 is 11.6 Å². The number of likely N-dealkylation sites (tertiary alicyclic amines) is 1. The van der Waals surface area contributed by atoms with Crippen molar-refractivity contribution in [3.8, 4) is 11.5 Å². The van der Waals surface area contributed by atoms with Gasteiger partial charge in [-0.1, -0.05) is 29.5 Å². The number of rotatable bonds is 8. The lowest BCUT2D eigenvalue weighted by Gasteiger charge is -2.29. The van der Waals surface area contributed by atoms with Crippen LogP contribution in [0.4, 0.5) is 0 Å². The molecule has 1 saturated heterocycles. The number of nitrogens with one attached hydrogen (secondary N) is 1. The minimum Gasteiger partial charge on any atom is -0.872 e. The number of carbonyl (C=O) groups is 2. The van der Waals surface area contributed by atoms with Crippen LogP contribution in [0.25, 0.3) is 5.76 Å². The Hall–Kier alpha value is -3.03. The molecule has 170 valence electrons. The zero-order valence-electron chi connectivity index (χ0n) is 18.6. The number of quaternary nitrogens is 1. The third-order valence-corrected chi connectivity index (χ3v) is 5.70. The Bertz CT molecular complexity index is 1030. The molecule has 1 aliphatic heterocycles. The number of ether oxygens (including phenoxy) is 2. The SMILES string of the molecule is COc1ccc(C2/C(=C(\[O-])c3ccc(Cl)cc3)C(=O)C(=O)N2CCC[NH+](C)C)c(OC)c1. The molecular weight excluding hydrogens is 432 g/mol. The molecule has 1 heterocycles. The maximum absolute atomic E-state index is 13.4. The first kappa shape index (κ1) is 23.6. The highest BCUT2D eigenvalue weighted by Crippen LogP contribution is 2.43. The van der Waals surface area contributed by atoms with E-state index in [1.165, 1.54) is 24.0 Å². The van der Waals surface area contributed by atoms with Gasteiger partial charge in [0.2, 0.25) is 5.78 Å². The third kappa shape index (κ3) is 4.74. The second kappa shape index (κ2) is 10.1. The van der Waals surface area contributed by atoms with E-state index in [-0.39, 0.29) is 5.57 Å². The number of hydrogen-bond donors (Lipinski definition) is 1. The Balaban J connectivity index is 2.16. The quantitative estimate of drug-likeness (QED) is 0.364. The zero-order valence-corrected chi connectivity index (χ0v) is 19.4. The van der Waals surface area contributed by atoms with Gasteiger partial charge in [0.15, 0.2) is 0 Å². The summed E-state index contributed by atoms with van der Waals surface area (Å²) in [7, 11) is 7.07. The first-order valence-electron chi connectivity index (χ1n) is 10.3. The molecule has 0 aromatic heterocycles. The van der Waals surface area contributed by atoms with E-state index in [9.17, 15) is 14.7 Å². The number of nitrogens with zero attached hydrogens (tertiary/aromatic N) is 1. The van der Waals surface area contributed by atoms with Crippen molar-refractivity contribution in [1.29, 1.82) is 0 Å². The summed E-state index contributed by atoms with van der Waals surface area (Å²) >= 11 is 5.95. The van der Waals surface area contributed by atoms with E-state index in [1.807, 2.05) is 14.1 Å². The second-order valence-electron chi connectivity index (χ2n) is 7.90. The fourth-order valence-corrected chi connectivity index (χ4v) is 3.95. The molecule has 0 bridgehead atoms. The number of carbonyl (C=O) groups excluding carboxylic acids is 2. The van der Waals surface area contributed by atoms with E-state index >= 15 is 0 Å². The number of Topliss-reactive ketones (excluding diaryl/α,β-unsaturated/α-hetero) is 1. The molecule has 0 spiro atoms. The Morgan fingerprint density at radius 1 is 1.09 bits per heavy atom. The zero-order chi connectivity index (χ0) is 23.4. The largest absolute Gasteiger partial charge is 0.872 e. The number of hydrogen-bond acceptors (Lipinski definition) is 5. The molecule has 3 rings (SSSR count). The van der Waals surface area contributed by atoms with Gasteiger partial charge >= 0.3 is 0 Å². The summed E-state index contributed by atoms with van der Waals surface area (Å²) in [5.41, 5.74) is 0.766. The van der Waals surface area contributed by atoms with Gasteiger partial charge in [0, 0.05) is 35.2 Å². The predicted octanol–water partition coefficient (Wildman–Crippen LogP) is 1.12. The van der Waals surface area contributed by atoms with Gasteiger partial charge in [-0.15, -0.1) is 0 Å². The van der Waals surface area contributed by atoms with E-state index in [1.54, 1.807) is 42.5 Å². The standard InChI is InChI=1S/C24H27ClN2O5/c1-26(2)12-5-13-27-21(18-11-10-17(31-3)14-19(18)32-4)20(23(29)24(27)30)22(28)15-6-8-16(25)9-7-15/h6-11,14,21,28H,5,12-13H2,1-4H3/b22-20+. The summed E-state index contributed by atoms with van der Waals surface area (Å²) in [5.74, 6) is -0.969. The summed E-state index contributed by atoms with van der Waals surface area (Å²) in [5, 5.41) is 13.9. The van der Waals surface area contributed by atoms with Crippen LogP contribution in [0.2, 0.25) is 5.02 Å². The van der Waals surface area contributed by atoms with E-state index in [4.69, 9.17) is 21.1 Å². The van der Waals surface area contributed by atoms with Crippen LogP contribution in [-0.4, -0.2) is 58.0 Å². The van der Waals surface area contributed by atoms with Crippen LogP contribution in [0.3, 0.4) is 0 Å². The lowest BCUT2D eigenvalue weighted by Crippen LogP contribution is -3.05. The van der Waals surface area contributed by atoms with E-state index in [0.29, 0.717) is 40.6 Å². The van der Waals surface area contributed by atoms with Gasteiger partial charge in [0.25, 0.3) is 5.91 Å². The van der Waals surface area contributed by atoms with E-state index in [2.05, 4.69) is 0 Å². The van der Waals surface area contributed by atoms with Crippen molar-refractivity contribution in [3.63, 3.8) is 0 Å². The molecule has 1 atom stereocenters. The van der Waals surface area contributed by atoms with Gasteiger partial charge in [-0.05, 0) is 29.8 Å². The molecule has 2 aromatic rings. The first-order chi connectivity index (χ1) is 15.3. The first-order valence-corrected chi connectivity index (χ1v) is 10.7. The molecule has 0 saturated carbocycles. The average Bonchev–Trinajstić information content (AvgIpc) is 3.03.